The summed E-state index contributed by atoms with van der Waals surface area (Å²) in [5.74, 6) is 0.0854. The number of ether oxygens (including phenoxy) is 2. The number of alkyl halides is 2. The summed E-state index contributed by atoms with van der Waals surface area (Å²) in [6, 6.07) is 4.40. The van der Waals surface area contributed by atoms with E-state index in [-0.39, 0.29) is 17.9 Å². The lowest BCUT2D eigenvalue weighted by molar-refractivity contribution is 0.0439. The lowest BCUT2D eigenvalue weighted by atomic mass is 10.1. The van der Waals surface area contributed by atoms with Crippen molar-refractivity contribution in [3.05, 3.63) is 28.2 Å². The van der Waals surface area contributed by atoms with E-state index in [1.54, 1.807) is 40.7 Å². The van der Waals surface area contributed by atoms with Crippen LogP contribution in [0.3, 0.4) is 0 Å². The van der Waals surface area contributed by atoms with Gasteiger partial charge in [0.2, 0.25) is 0 Å². The minimum Gasteiger partial charge on any atom is -0.491 e. The van der Waals surface area contributed by atoms with Crippen LogP contribution in [0.1, 0.15) is 46.6 Å². The number of nitrogens with one attached hydrogen (secondary N) is 1. The van der Waals surface area contributed by atoms with Crippen LogP contribution < -0.4 is 10.1 Å². The van der Waals surface area contributed by atoms with Crippen molar-refractivity contribution in [3.63, 3.8) is 0 Å². The minimum atomic E-state index is -2.65. The van der Waals surface area contributed by atoms with Crippen LogP contribution >= 0.6 is 15.9 Å². The molecule has 0 spiro atoms. The molecule has 0 atom stereocenters. The molecule has 0 fully saturated rings. The van der Waals surface area contributed by atoms with E-state index in [2.05, 4.69) is 21.2 Å². The molecule has 1 N–H and O–H groups in total. The second kappa shape index (κ2) is 7.47. The van der Waals surface area contributed by atoms with Crippen molar-refractivity contribution in [2.24, 2.45) is 0 Å². The predicted molar refractivity (Wildman–Crippen MR) is 88.0 cm³/mol. The Morgan fingerprint density at radius 1 is 1.26 bits per heavy atom. The Morgan fingerprint density at radius 2 is 1.87 bits per heavy atom. The van der Waals surface area contributed by atoms with E-state index in [1.807, 2.05) is 0 Å². The third-order valence-corrected chi connectivity index (χ3v) is 3.13. The second-order valence-electron chi connectivity index (χ2n) is 6.78. The molecule has 0 aliphatic rings. The monoisotopic (exact) mass is 393 g/mol. The minimum absolute atomic E-state index is 0.0214. The Labute approximate surface area is 143 Å². The summed E-state index contributed by atoms with van der Waals surface area (Å²) in [7, 11) is 0. The van der Waals surface area contributed by atoms with Gasteiger partial charge in [-0.25, -0.2) is 13.6 Å². The highest BCUT2D eigenvalue weighted by atomic mass is 79.9. The third kappa shape index (κ3) is 7.16. The number of carbonyl (C=O) groups is 1. The van der Waals surface area contributed by atoms with Crippen LogP contribution in [0, 0.1) is 0 Å². The van der Waals surface area contributed by atoms with E-state index in [9.17, 15) is 13.6 Å². The molecule has 130 valence electrons. The summed E-state index contributed by atoms with van der Waals surface area (Å²) in [6.07, 6.45) is -3.24. The van der Waals surface area contributed by atoms with Gasteiger partial charge >= 0.3 is 6.09 Å². The number of alkyl carbamates (subject to hydrolysis) is 1. The zero-order chi connectivity index (χ0) is 17.8. The van der Waals surface area contributed by atoms with Gasteiger partial charge < -0.3 is 14.8 Å². The topological polar surface area (TPSA) is 47.6 Å². The first-order valence-electron chi connectivity index (χ1n) is 7.11. The second-order valence-corrected chi connectivity index (χ2v) is 7.70. The average Bonchev–Trinajstić information content (AvgIpc) is 2.33. The van der Waals surface area contributed by atoms with Crippen molar-refractivity contribution in [1.29, 1.82) is 0 Å². The smallest absolute Gasteiger partial charge is 0.408 e. The molecule has 0 unspecified atom stereocenters. The van der Waals surface area contributed by atoms with Crippen LogP contribution in [0.25, 0.3) is 0 Å². The van der Waals surface area contributed by atoms with Crippen molar-refractivity contribution in [2.75, 3.05) is 6.61 Å². The molecule has 4 nitrogen and oxygen atoms in total. The molecule has 0 radical (unpaired) electrons. The predicted octanol–water partition coefficient (Wildman–Crippen LogP) is 5.07. The van der Waals surface area contributed by atoms with E-state index in [0.29, 0.717) is 4.47 Å². The molecule has 1 rings (SSSR count). The molecule has 0 bridgehead atoms. The van der Waals surface area contributed by atoms with E-state index >= 15 is 0 Å². The summed E-state index contributed by atoms with van der Waals surface area (Å²) in [5.41, 5.74) is -1.60. The quantitative estimate of drug-likeness (QED) is 0.759. The molecule has 0 saturated carbocycles. The summed E-state index contributed by atoms with van der Waals surface area (Å²) < 4.78 is 37.3. The number of rotatable bonds is 5. The first kappa shape index (κ1) is 19.7. The normalized spacial score (nSPS) is 12.2. The van der Waals surface area contributed by atoms with Gasteiger partial charge in [0, 0.05) is 4.47 Å². The first-order chi connectivity index (χ1) is 10.4. The molecule has 7 heteroatoms. The van der Waals surface area contributed by atoms with Crippen molar-refractivity contribution in [3.8, 4) is 5.75 Å². The van der Waals surface area contributed by atoms with Crippen LogP contribution in [0.4, 0.5) is 13.6 Å². The van der Waals surface area contributed by atoms with Crippen molar-refractivity contribution in [2.45, 2.75) is 52.2 Å². The van der Waals surface area contributed by atoms with Gasteiger partial charge in [0.1, 0.15) is 18.0 Å². The van der Waals surface area contributed by atoms with Gasteiger partial charge in [-0.2, -0.15) is 0 Å². The molecule has 0 aliphatic heterocycles. The number of hydrogen-bond donors (Lipinski definition) is 1. The lowest BCUT2D eigenvalue weighted by Crippen LogP contribution is -2.49. The van der Waals surface area contributed by atoms with Gasteiger partial charge in [-0.15, -0.1) is 0 Å². The highest BCUT2D eigenvalue weighted by Crippen LogP contribution is 2.32. The van der Waals surface area contributed by atoms with Crippen LogP contribution in [0.2, 0.25) is 0 Å². The van der Waals surface area contributed by atoms with Crippen LogP contribution in [-0.4, -0.2) is 23.8 Å². The van der Waals surface area contributed by atoms with Crippen molar-refractivity contribution in [1.82, 2.24) is 5.32 Å². The van der Waals surface area contributed by atoms with Crippen LogP contribution in [0.15, 0.2) is 22.7 Å². The molecule has 0 saturated heterocycles. The average molecular weight is 394 g/mol. The Hall–Kier alpha value is -1.37. The largest absolute Gasteiger partial charge is 0.491 e. The zero-order valence-electron chi connectivity index (χ0n) is 13.9. The number of amides is 1. The molecule has 1 amide bonds. The number of halogens is 3. The molecule has 0 heterocycles. The fraction of sp³-hybridized carbons (Fsp3) is 0.562. The Morgan fingerprint density at radius 3 is 2.39 bits per heavy atom. The van der Waals surface area contributed by atoms with Gasteiger partial charge in [-0.05, 0) is 52.8 Å². The van der Waals surface area contributed by atoms with Gasteiger partial charge in [0.05, 0.1) is 11.1 Å². The van der Waals surface area contributed by atoms with Gasteiger partial charge in [-0.3, -0.25) is 0 Å². The van der Waals surface area contributed by atoms with E-state index in [4.69, 9.17) is 9.47 Å². The van der Waals surface area contributed by atoms with Gasteiger partial charge in [0.15, 0.2) is 0 Å². The maximum Gasteiger partial charge on any atom is 0.408 e. The Balaban J connectivity index is 2.71. The van der Waals surface area contributed by atoms with Crippen molar-refractivity contribution >= 4 is 22.0 Å². The van der Waals surface area contributed by atoms with E-state index < -0.39 is 23.7 Å². The highest BCUT2D eigenvalue weighted by molar-refractivity contribution is 9.10. The molecular weight excluding hydrogens is 372 g/mol. The maximum absolute atomic E-state index is 13.0. The number of carbonyl (C=O) groups excluding carboxylic acids is 1. The van der Waals surface area contributed by atoms with Crippen molar-refractivity contribution < 1.29 is 23.0 Å². The third-order valence-electron chi connectivity index (χ3n) is 2.63. The molecule has 0 aliphatic carbocycles. The lowest BCUT2D eigenvalue weighted by Gasteiger charge is -2.29. The number of benzene rings is 1. The van der Waals surface area contributed by atoms with Gasteiger partial charge in [-0.1, -0.05) is 15.9 Å². The zero-order valence-corrected chi connectivity index (χ0v) is 15.5. The Bertz CT molecular complexity index is 557. The molecular formula is C16H22BrF2NO3. The van der Waals surface area contributed by atoms with Crippen LogP contribution in [-0.2, 0) is 4.74 Å². The summed E-state index contributed by atoms with van der Waals surface area (Å²) in [5, 5.41) is 2.66. The fourth-order valence-electron chi connectivity index (χ4n) is 1.70. The molecule has 1 aromatic rings. The first-order valence-corrected chi connectivity index (χ1v) is 7.90. The maximum atomic E-state index is 13.0. The summed E-state index contributed by atoms with van der Waals surface area (Å²) >= 11 is 3.15. The SMILES string of the molecule is CC(C)(COc1ccc(Br)cc1C(F)F)NC(=O)OC(C)(C)C. The number of hydrogen-bond acceptors (Lipinski definition) is 3. The summed E-state index contributed by atoms with van der Waals surface area (Å²) in [4.78, 5) is 11.8. The van der Waals surface area contributed by atoms with Crippen LogP contribution in [0.5, 0.6) is 5.75 Å². The van der Waals surface area contributed by atoms with E-state index in [1.165, 1.54) is 12.1 Å². The molecule has 0 aromatic heterocycles. The fourth-order valence-corrected chi connectivity index (χ4v) is 2.07. The highest BCUT2D eigenvalue weighted by Gasteiger charge is 2.26. The van der Waals surface area contributed by atoms with E-state index in [0.717, 1.165) is 0 Å². The standard InChI is InChI=1S/C16H22BrF2NO3/c1-15(2,3)23-14(21)20-16(4,5)9-22-12-7-6-10(17)8-11(12)13(18)19/h6-8,13H,9H2,1-5H3,(H,20,21). The molecule has 23 heavy (non-hydrogen) atoms. The Kier molecular flexibility index (Phi) is 6.39. The van der Waals surface area contributed by atoms with Gasteiger partial charge in [0.25, 0.3) is 6.43 Å². The molecule has 1 aromatic carbocycles. The summed E-state index contributed by atoms with van der Waals surface area (Å²) in [6.45, 7) is 8.73.